The molecule has 0 aliphatic heterocycles. The maximum Gasteiger partial charge on any atom is 0.269 e. The van der Waals surface area contributed by atoms with Crippen molar-refractivity contribution >= 4 is 17.3 Å². The van der Waals surface area contributed by atoms with Crippen LogP contribution in [0.4, 0.5) is 11.4 Å². The van der Waals surface area contributed by atoms with Crippen molar-refractivity contribution in [2.75, 3.05) is 11.9 Å². The number of benzene rings is 1. The SMILES string of the molecule is CC(C)CNC(=O)/C(C#N)=C\Nc1ccc([N+](=O)[O-])cc1. The van der Waals surface area contributed by atoms with E-state index in [-0.39, 0.29) is 17.2 Å². The first-order valence-corrected chi connectivity index (χ1v) is 6.33. The summed E-state index contributed by atoms with van der Waals surface area (Å²) in [5, 5.41) is 24.9. The summed E-state index contributed by atoms with van der Waals surface area (Å²) in [4.78, 5) is 21.7. The highest BCUT2D eigenvalue weighted by Gasteiger charge is 2.09. The molecule has 0 heterocycles. The van der Waals surface area contributed by atoms with Crippen molar-refractivity contribution in [1.29, 1.82) is 5.26 Å². The van der Waals surface area contributed by atoms with Crippen LogP contribution in [0.25, 0.3) is 0 Å². The van der Waals surface area contributed by atoms with Gasteiger partial charge in [0, 0.05) is 30.6 Å². The van der Waals surface area contributed by atoms with Crippen molar-refractivity contribution in [3.05, 3.63) is 46.2 Å². The van der Waals surface area contributed by atoms with Crippen molar-refractivity contribution < 1.29 is 9.72 Å². The van der Waals surface area contributed by atoms with Crippen molar-refractivity contribution in [1.82, 2.24) is 5.32 Å². The summed E-state index contributed by atoms with van der Waals surface area (Å²) in [5.41, 5.74) is 0.457. The number of hydrogen-bond donors (Lipinski definition) is 2. The molecule has 1 aromatic carbocycles. The fraction of sp³-hybridized carbons (Fsp3) is 0.286. The van der Waals surface area contributed by atoms with E-state index in [0.29, 0.717) is 12.2 Å². The molecule has 7 nitrogen and oxygen atoms in total. The van der Waals surface area contributed by atoms with Crippen molar-refractivity contribution in [2.24, 2.45) is 5.92 Å². The van der Waals surface area contributed by atoms with E-state index in [9.17, 15) is 14.9 Å². The van der Waals surface area contributed by atoms with Crippen LogP contribution in [0.15, 0.2) is 36.0 Å². The lowest BCUT2D eigenvalue weighted by atomic mass is 10.2. The summed E-state index contributed by atoms with van der Waals surface area (Å²) in [6.45, 7) is 4.38. The first-order valence-electron chi connectivity index (χ1n) is 6.33. The first-order chi connectivity index (χ1) is 9.93. The molecular weight excluding hydrogens is 272 g/mol. The Morgan fingerprint density at radius 2 is 2.05 bits per heavy atom. The fourth-order valence-corrected chi connectivity index (χ4v) is 1.38. The number of carbonyl (C=O) groups excluding carboxylic acids is 1. The van der Waals surface area contributed by atoms with Gasteiger partial charge in [-0.3, -0.25) is 14.9 Å². The number of rotatable bonds is 6. The van der Waals surface area contributed by atoms with Crippen molar-refractivity contribution in [2.45, 2.75) is 13.8 Å². The Kier molecular flexibility index (Phi) is 5.89. The molecule has 0 spiro atoms. The predicted molar refractivity (Wildman–Crippen MR) is 78.3 cm³/mol. The molecule has 0 saturated heterocycles. The molecule has 21 heavy (non-hydrogen) atoms. The minimum atomic E-state index is -0.500. The standard InChI is InChI=1S/C14H16N4O3/c1-10(2)8-17-14(19)11(7-15)9-16-12-3-5-13(6-4-12)18(20)21/h3-6,9-10,16H,8H2,1-2H3,(H,17,19)/b11-9-. The Bertz CT molecular complexity index is 585. The lowest BCUT2D eigenvalue weighted by Gasteiger charge is -2.07. The van der Waals surface area contributed by atoms with Gasteiger partial charge in [-0.15, -0.1) is 0 Å². The number of nitriles is 1. The second kappa shape index (κ2) is 7.65. The van der Waals surface area contributed by atoms with Gasteiger partial charge in [0.2, 0.25) is 0 Å². The molecule has 1 amide bonds. The second-order valence-electron chi connectivity index (χ2n) is 4.72. The van der Waals surface area contributed by atoms with Crippen LogP contribution in [-0.2, 0) is 4.79 Å². The smallest absolute Gasteiger partial charge is 0.269 e. The van der Waals surface area contributed by atoms with Crippen LogP contribution in [0, 0.1) is 27.4 Å². The van der Waals surface area contributed by atoms with Gasteiger partial charge < -0.3 is 10.6 Å². The lowest BCUT2D eigenvalue weighted by Crippen LogP contribution is -2.28. The third-order valence-corrected chi connectivity index (χ3v) is 2.50. The molecule has 0 aromatic heterocycles. The molecule has 7 heteroatoms. The normalized spacial score (nSPS) is 10.9. The molecule has 0 atom stereocenters. The third kappa shape index (κ3) is 5.32. The number of non-ortho nitro benzene ring substituents is 1. The Morgan fingerprint density at radius 3 is 2.52 bits per heavy atom. The lowest BCUT2D eigenvalue weighted by molar-refractivity contribution is -0.384. The molecule has 0 aliphatic carbocycles. The molecule has 0 fully saturated rings. The molecule has 0 radical (unpaired) electrons. The number of anilines is 1. The molecule has 0 unspecified atom stereocenters. The quantitative estimate of drug-likeness (QED) is 0.361. The maximum absolute atomic E-state index is 11.7. The van der Waals surface area contributed by atoms with Gasteiger partial charge in [-0.25, -0.2) is 0 Å². The van der Waals surface area contributed by atoms with Gasteiger partial charge in [0.15, 0.2) is 0 Å². The molecular formula is C14H16N4O3. The summed E-state index contributed by atoms with van der Waals surface area (Å²) in [6, 6.07) is 7.46. The van der Waals surface area contributed by atoms with Crippen LogP contribution in [0.1, 0.15) is 13.8 Å². The van der Waals surface area contributed by atoms with Crippen LogP contribution in [-0.4, -0.2) is 17.4 Å². The van der Waals surface area contributed by atoms with E-state index in [1.807, 2.05) is 13.8 Å². The van der Waals surface area contributed by atoms with Gasteiger partial charge in [-0.05, 0) is 18.1 Å². The van der Waals surface area contributed by atoms with E-state index in [2.05, 4.69) is 10.6 Å². The molecule has 110 valence electrons. The predicted octanol–water partition coefficient (Wildman–Crippen LogP) is 2.19. The van der Waals surface area contributed by atoms with Gasteiger partial charge in [-0.1, -0.05) is 13.8 Å². The van der Waals surface area contributed by atoms with E-state index in [0.717, 1.165) is 0 Å². The Hall–Kier alpha value is -2.88. The Balaban J connectivity index is 2.70. The monoisotopic (exact) mass is 288 g/mol. The highest BCUT2D eigenvalue weighted by molar-refractivity contribution is 5.97. The fourth-order valence-electron chi connectivity index (χ4n) is 1.38. The van der Waals surface area contributed by atoms with Crippen LogP contribution >= 0.6 is 0 Å². The highest BCUT2D eigenvalue weighted by Crippen LogP contribution is 2.15. The van der Waals surface area contributed by atoms with E-state index < -0.39 is 10.8 Å². The van der Waals surface area contributed by atoms with E-state index in [1.165, 1.54) is 30.5 Å². The summed E-state index contributed by atoms with van der Waals surface area (Å²) < 4.78 is 0. The Morgan fingerprint density at radius 1 is 1.43 bits per heavy atom. The number of nitrogens with one attached hydrogen (secondary N) is 2. The van der Waals surface area contributed by atoms with Crippen LogP contribution in [0.3, 0.4) is 0 Å². The van der Waals surface area contributed by atoms with Gasteiger partial charge in [0.1, 0.15) is 11.6 Å². The number of nitro groups is 1. The topological polar surface area (TPSA) is 108 Å². The number of amides is 1. The minimum Gasteiger partial charge on any atom is -0.360 e. The number of carbonyl (C=O) groups is 1. The third-order valence-electron chi connectivity index (χ3n) is 2.50. The maximum atomic E-state index is 11.7. The zero-order valence-electron chi connectivity index (χ0n) is 11.8. The van der Waals surface area contributed by atoms with Gasteiger partial charge >= 0.3 is 0 Å². The molecule has 1 rings (SSSR count). The van der Waals surface area contributed by atoms with Gasteiger partial charge in [0.25, 0.3) is 11.6 Å². The van der Waals surface area contributed by atoms with Crippen molar-refractivity contribution in [3.63, 3.8) is 0 Å². The summed E-state index contributed by atoms with van der Waals surface area (Å²) in [6.07, 6.45) is 1.27. The van der Waals surface area contributed by atoms with E-state index in [4.69, 9.17) is 5.26 Å². The average Bonchev–Trinajstić information content (AvgIpc) is 2.46. The van der Waals surface area contributed by atoms with Crippen molar-refractivity contribution in [3.8, 4) is 6.07 Å². The second-order valence-corrected chi connectivity index (χ2v) is 4.72. The molecule has 0 bridgehead atoms. The summed E-state index contributed by atoms with van der Waals surface area (Å²) in [5.74, 6) is -0.169. The largest absolute Gasteiger partial charge is 0.360 e. The summed E-state index contributed by atoms with van der Waals surface area (Å²) >= 11 is 0. The van der Waals surface area contributed by atoms with Gasteiger partial charge in [0.05, 0.1) is 4.92 Å². The highest BCUT2D eigenvalue weighted by atomic mass is 16.6. The average molecular weight is 288 g/mol. The Labute approximate surface area is 122 Å². The van der Waals surface area contributed by atoms with Crippen LogP contribution < -0.4 is 10.6 Å². The van der Waals surface area contributed by atoms with E-state index >= 15 is 0 Å². The molecule has 2 N–H and O–H groups in total. The zero-order chi connectivity index (χ0) is 15.8. The molecule has 0 aliphatic rings. The van der Waals surface area contributed by atoms with E-state index in [1.54, 1.807) is 6.07 Å². The number of hydrogen-bond acceptors (Lipinski definition) is 5. The zero-order valence-corrected chi connectivity index (χ0v) is 11.8. The number of nitrogens with zero attached hydrogens (tertiary/aromatic N) is 2. The van der Waals surface area contributed by atoms with Gasteiger partial charge in [-0.2, -0.15) is 5.26 Å². The molecule has 1 aromatic rings. The first kappa shape index (κ1) is 16.2. The van der Waals surface area contributed by atoms with Crippen LogP contribution in [0.5, 0.6) is 0 Å². The summed E-state index contributed by atoms with van der Waals surface area (Å²) in [7, 11) is 0. The number of nitro benzene ring substituents is 1. The van der Waals surface area contributed by atoms with Crippen LogP contribution in [0.2, 0.25) is 0 Å². The molecule has 0 saturated carbocycles. The minimum absolute atomic E-state index is 0.0280.